The van der Waals surface area contributed by atoms with E-state index in [0.29, 0.717) is 12.8 Å². The van der Waals surface area contributed by atoms with Crippen molar-refractivity contribution in [3.63, 3.8) is 0 Å². The van der Waals surface area contributed by atoms with E-state index < -0.39 is 0 Å². The summed E-state index contributed by atoms with van der Waals surface area (Å²) in [5, 5.41) is 7.53. The molecular weight excluding hydrogens is 130 g/mol. The largest absolute Gasteiger partial charge is 0.303 e. The number of aldehydes is 1. The van der Waals surface area contributed by atoms with E-state index in [1.54, 1.807) is 11.7 Å². The third-order valence-electron chi connectivity index (χ3n) is 1.17. The summed E-state index contributed by atoms with van der Waals surface area (Å²) in [6, 6.07) is 0. The van der Waals surface area contributed by atoms with Gasteiger partial charge in [-0.05, 0) is 6.42 Å². The molecule has 0 aliphatic carbocycles. The summed E-state index contributed by atoms with van der Waals surface area (Å²) in [6.45, 7) is 0. The Morgan fingerprint density at radius 1 is 1.80 bits per heavy atom. The van der Waals surface area contributed by atoms with Crippen molar-refractivity contribution in [2.24, 2.45) is 7.05 Å². The Morgan fingerprint density at radius 2 is 2.60 bits per heavy atom. The van der Waals surface area contributed by atoms with Crippen LogP contribution in [0.4, 0.5) is 0 Å². The lowest BCUT2D eigenvalue weighted by molar-refractivity contribution is -0.107. The SMILES string of the molecule is Cn1cc(CCC=O)nn1. The van der Waals surface area contributed by atoms with Crippen LogP contribution in [0.2, 0.25) is 0 Å². The van der Waals surface area contributed by atoms with Crippen LogP contribution in [0.3, 0.4) is 0 Å². The van der Waals surface area contributed by atoms with E-state index in [-0.39, 0.29) is 0 Å². The first-order chi connectivity index (χ1) is 4.83. The van der Waals surface area contributed by atoms with E-state index in [1.807, 2.05) is 6.20 Å². The molecule has 1 aromatic heterocycles. The Hall–Kier alpha value is -1.19. The molecule has 54 valence electrons. The highest BCUT2D eigenvalue weighted by Gasteiger charge is 1.95. The van der Waals surface area contributed by atoms with Crippen molar-refractivity contribution in [1.82, 2.24) is 15.0 Å². The summed E-state index contributed by atoms with van der Waals surface area (Å²) < 4.78 is 1.63. The summed E-state index contributed by atoms with van der Waals surface area (Å²) in [6.07, 6.45) is 3.91. The standard InChI is InChI=1S/C6H9N3O/c1-9-5-6(7-8-9)3-2-4-10/h4-5H,2-3H2,1H3. The fourth-order valence-electron chi connectivity index (χ4n) is 0.717. The van der Waals surface area contributed by atoms with Crippen molar-refractivity contribution in [3.8, 4) is 0 Å². The van der Waals surface area contributed by atoms with Crippen LogP contribution in [0.5, 0.6) is 0 Å². The molecule has 0 fully saturated rings. The van der Waals surface area contributed by atoms with Gasteiger partial charge < -0.3 is 4.79 Å². The molecule has 0 N–H and O–H groups in total. The van der Waals surface area contributed by atoms with Crippen LogP contribution < -0.4 is 0 Å². The van der Waals surface area contributed by atoms with Gasteiger partial charge in [0.15, 0.2) is 0 Å². The highest BCUT2D eigenvalue weighted by molar-refractivity contribution is 5.49. The Bertz CT molecular complexity index is 219. The number of carbonyl (C=O) groups is 1. The van der Waals surface area contributed by atoms with E-state index in [4.69, 9.17) is 0 Å². The fourth-order valence-corrected chi connectivity index (χ4v) is 0.717. The van der Waals surface area contributed by atoms with Crippen molar-refractivity contribution < 1.29 is 4.79 Å². The smallest absolute Gasteiger partial charge is 0.120 e. The molecule has 1 aromatic rings. The van der Waals surface area contributed by atoms with Crippen molar-refractivity contribution >= 4 is 6.29 Å². The van der Waals surface area contributed by atoms with Gasteiger partial charge in [-0.2, -0.15) is 0 Å². The van der Waals surface area contributed by atoms with Crippen LogP contribution in [0.25, 0.3) is 0 Å². The Labute approximate surface area is 58.8 Å². The Balaban J connectivity index is 2.49. The molecule has 0 atom stereocenters. The predicted molar refractivity (Wildman–Crippen MR) is 35.4 cm³/mol. The second-order valence-corrected chi connectivity index (χ2v) is 2.09. The van der Waals surface area contributed by atoms with Gasteiger partial charge in [0.05, 0.1) is 5.69 Å². The first-order valence-corrected chi connectivity index (χ1v) is 3.12. The summed E-state index contributed by atoms with van der Waals surface area (Å²) in [5.41, 5.74) is 0.870. The van der Waals surface area contributed by atoms with Gasteiger partial charge in [0.2, 0.25) is 0 Å². The van der Waals surface area contributed by atoms with Gasteiger partial charge in [-0.25, -0.2) is 0 Å². The van der Waals surface area contributed by atoms with E-state index in [1.165, 1.54) is 0 Å². The summed E-state index contributed by atoms with van der Waals surface area (Å²) in [7, 11) is 1.80. The van der Waals surface area contributed by atoms with Gasteiger partial charge in [-0.15, -0.1) is 5.10 Å². The fraction of sp³-hybridized carbons (Fsp3) is 0.500. The second kappa shape index (κ2) is 3.10. The number of carbonyl (C=O) groups excluding carboxylic acids is 1. The van der Waals surface area contributed by atoms with Crippen LogP contribution in [0.15, 0.2) is 6.20 Å². The highest BCUT2D eigenvalue weighted by Crippen LogP contribution is 1.93. The molecule has 10 heavy (non-hydrogen) atoms. The minimum absolute atomic E-state index is 0.526. The summed E-state index contributed by atoms with van der Waals surface area (Å²) in [5.74, 6) is 0. The lowest BCUT2D eigenvalue weighted by atomic mass is 10.3. The van der Waals surface area contributed by atoms with Gasteiger partial charge in [-0.3, -0.25) is 4.68 Å². The van der Waals surface area contributed by atoms with Crippen LogP contribution in [0.1, 0.15) is 12.1 Å². The first-order valence-electron chi connectivity index (χ1n) is 3.12. The van der Waals surface area contributed by atoms with Gasteiger partial charge in [0.25, 0.3) is 0 Å². The van der Waals surface area contributed by atoms with E-state index >= 15 is 0 Å². The molecule has 0 saturated heterocycles. The number of aryl methyl sites for hydroxylation is 2. The van der Waals surface area contributed by atoms with Crippen LogP contribution in [-0.4, -0.2) is 21.3 Å². The zero-order chi connectivity index (χ0) is 7.40. The zero-order valence-corrected chi connectivity index (χ0v) is 5.82. The van der Waals surface area contributed by atoms with Crippen molar-refractivity contribution in [1.29, 1.82) is 0 Å². The summed E-state index contributed by atoms with van der Waals surface area (Å²) >= 11 is 0. The van der Waals surface area contributed by atoms with E-state index in [0.717, 1.165) is 12.0 Å². The maximum Gasteiger partial charge on any atom is 0.120 e. The molecule has 0 aliphatic heterocycles. The third kappa shape index (κ3) is 1.65. The van der Waals surface area contributed by atoms with Gasteiger partial charge in [0.1, 0.15) is 6.29 Å². The molecule has 0 spiro atoms. The minimum Gasteiger partial charge on any atom is -0.303 e. The molecule has 1 heterocycles. The molecular formula is C6H9N3O. The normalized spacial score (nSPS) is 9.70. The average molecular weight is 139 g/mol. The molecule has 0 radical (unpaired) electrons. The predicted octanol–water partition coefficient (Wildman–Crippen LogP) is -0.0534. The maximum absolute atomic E-state index is 9.93. The van der Waals surface area contributed by atoms with Crippen molar-refractivity contribution in [2.45, 2.75) is 12.8 Å². The van der Waals surface area contributed by atoms with Crippen LogP contribution >= 0.6 is 0 Å². The lowest BCUT2D eigenvalue weighted by Gasteiger charge is -1.83. The monoisotopic (exact) mass is 139 g/mol. The number of hydrogen-bond donors (Lipinski definition) is 0. The van der Waals surface area contributed by atoms with E-state index in [2.05, 4.69) is 10.3 Å². The second-order valence-electron chi connectivity index (χ2n) is 2.09. The maximum atomic E-state index is 9.93. The number of rotatable bonds is 3. The Morgan fingerprint density at radius 3 is 3.10 bits per heavy atom. The van der Waals surface area contributed by atoms with Crippen molar-refractivity contribution in [2.75, 3.05) is 0 Å². The van der Waals surface area contributed by atoms with Gasteiger partial charge in [0, 0.05) is 19.7 Å². The molecule has 1 rings (SSSR count). The average Bonchev–Trinajstić information content (AvgIpc) is 2.31. The zero-order valence-electron chi connectivity index (χ0n) is 5.82. The number of nitrogens with zero attached hydrogens (tertiary/aromatic N) is 3. The first kappa shape index (κ1) is 6.92. The van der Waals surface area contributed by atoms with Gasteiger partial charge in [-0.1, -0.05) is 5.21 Å². The van der Waals surface area contributed by atoms with E-state index in [9.17, 15) is 4.79 Å². The van der Waals surface area contributed by atoms with Crippen molar-refractivity contribution in [3.05, 3.63) is 11.9 Å². The van der Waals surface area contributed by atoms with Gasteiger partial charge >= 0.3 is 0 Å². The molecule has 4 nitrogen and oxygen atoms in total. The third-order valence-corrected chi connectivity index (χ3v) is 1.17. The quantitative estimate of drug-likeness (QED) is 0.551. The van der Waals surface area contributed by atoms with Crippen LogP contribution in [0, 0.1) is 0 Å². The van der Waals surface area contributed by atoms with Crippen LogP contribution in [-0.2, 0) is 18.3 Å². The Kier molecular flexibility index (Phi) is 2.15. The molecule has 0 saturated carbocycles. The minimum atomic E-state index is 0.526. The number of hydrogen-bond acceptors (Lipinski definition) is 3. The molecule has 0 bridgehead atoms. The number of aromatic nitrogens is 3. The molecule has 0 unspecified atom stereocenters. The molecule has 0 aromatic carbocycles. The molecule has 4 heteroatoms. The summed E-state index contributed by atoms with van der Waals surface area (Å²) in [4.78, 5) is 9.93. The topological polar surface area (TPSA) is 47.8 Å². The molecule has 0 amide bonds. The molecule has 0 aliphatic rings. The lowest BCUT2D eigenvalue weighted by Crippen LogP contribution is -1.85. The highest BCUT2D eigenvalue weighted by atomic mass is 16.1.